The van der Waals surface area contributed by atoms with Crippen LogP contribution in [0.5, 0.6) is 5.75 Å². The van der Waals surface area contributed by atoms with Crippen molar-refractivity contribution >= 4 is 7.82 Å². The predicted molar refractivity (Wildman–Crippen MR) is 146 cm³/mol. The van der Waals surface area contributed by atoms with Gasteiger partial charge in [0.2, 0.25) is 0 Å². The first-order valence-corrected chi connectivity index (χ1v) is 15.2. The molecule has 0 aliphatic rings. The van der Waals surface area contributed by atoms with E-state index in [-0.39, 0.29) is 13.2 Å². The van der Waals surface area contributed by atoms with Gasteiger partial charge in [-0.2, -0.15) is 0 Å². The van der Waals surface area contributed by atoms with Crippen molar-refractivity contribution < 1.29 is 47.3 Å². The quantitative estimate of drug-likeness (QED) is 0.122. The number of phosphoric ester groups is 1. The molecule has 1 aromatic rings. The average Bonchev–Trinajstić information content (AvgIpc) is 2.90. The zero-order valence-corrected chi connectivity index (χ0v) is 24.3. The maximum atomic E-state index is 10.5. The first-order chi connectivity index (χ1) is 18.4. The van der Waals surface area contributed by atoms with Gasteiger partial charge in [0.05, 0.1) is 72.7 Å². The minimum absolute atomic E-state index is 0.0884. The summed E-state index contributed by atoms with van der Waals surface area (Å²) in [6, 6.07) is 8.49. The Morgan fingerprint density at radius 1 is 0.658 bits per heavy atom. The van der Waals surface area contributed by atoms with E-state index in [0.29, 0.717) is 72.0 Å². The Balaban J connectivity index is 1.89. The molecule has 222 valence electrons. The van der Waals surface area contributed by atoms with Gasteiger partial charge in [-0.15, -0.1) is 0 Å². The molecule has 1 aromatic carbocycles. The third-order valence-electron chi connectivity index (χ3n) is 6.02. The standard InChI is InChI=1S/C27H49O10P/c1-4-24(3)6-7-25(5-2)26-8-10-27(11-9-26)36-22-20-34-18-16-32-14-12-31-13-15-33-17-19-35-21-23-37-38(28,29)30/h8-11,24-25H,4-7,12-23H2,1-3H3,(H2,28,29,30). The smallest absolute Gasteiger partial charge is 0.469 e. The molecule has 0 spiro atoms. The molecule has 2 unspecified atom stereocenters. The second-order valence-electron chi connectivity index (χ2n) is 9.00. The fourth-order valence-electron chi connectivity index (χ4n) is 3.55. The summed E-state index contributed by atoms with van der Waals surface area (Å²) in [5.41, 5.74) is 1.39. The molecule has 0 saturated carbocycles. The van der Waals surface area contributed by atoms with Crippen LogP contribution in [0.15, 0.2) is 24.3 Å². The summed E-state index contributed by atoms with van der Waals surface area (Å²) in [6.07, 6.45) is 4.92. The zero-order valence-electron chi connectivity index (χ0n) is 23.4. The van der Waals surface area contributed by atoms with Crippen LogP contribution >= 0.6 is 7.82 Å². The molecule has 0 aliphatic heterocycles. The Morgan fingerprint density at radius 2 is 1.11 bits per heavy atom. The lowest BCUT2D eigenvalue weighted by Crippen LogP contribution is -2.14. The molecule has 2 atom stereocenters. The molecule has 0 heterocycles. The Morgan fingerprint density at radius 3 is 1.53 bits per heavy atom. The molecule has 38 heavy (non-hydrogen) atoms. The van der Waals surface area contributed by atoms with E-state index < -0.39 is 7.82 Å². The predicted octanol–water partition coefficient (Wildman–Crippen LogP) is 4.58. The van der Waals surface area contributed by atoms with Gasteiger partial charge in [-0.25, -0.2) is 4.57 Å². The van der Waals surface area contributed by atoms with Crippen LogP contribution in [-0.4, -0.2) is 89.1 Å². The van der Waals surface area contributed by atoms with Gasteiger partial charge in [-0.1, -0.05) is 45.7 Å². The molecular weight excluding hydrogens is 515 g/mol. The van der Waals surface area contributed by atoms with Gasteiger partial charge in [-0.3, -0.25) is 4.52 Å². The fraction of sp³-hybridized carbons (Fsp3) is 0.778. The Bertz CT molecular complexity index is 712. The molecule has 10 nitrogen and oxygen atoms in total. The second kappa shape index (κ2) is 22.7. The van der Waals surface area contributed by atoms with Gasteiger partial charge in [0.25, 0.3) is 0 Å². The molecule has 0 amide bonds. The monoisotopic (exact) mass is 564 g/mol. The summed E-state index contributed by atoms with van der Waals surface area (Å²) in [5.74, 6) is 2.27. The van der Waals surface area contributed by atoms with Crippen LogP contribution in [0.1, 0.15) is 57.9 Å². The highest BCUT2D eigenvalue weighted by atomic mass is 31.2. The minimum atomic E-state index is -4.43. The summed E-state index contributed by atoms with van der Waals surface area (Å²) in [7, 11) is -4.43. The molecule has 0 radical (unpaired) electrons. The van der Waals surface area contributed by atoms with E-state index in [2.05, 4.69) is 49.6 Å². The van der Waals surface area contributed by atoms with Crippen molar-refractivity contribution in [3.05, 3.63) is 29.8 Å². The third kappa shape index (κ3) is 19.9. The molecule has 0 aliphatic carbocycles. The van der Waals surface area contributed by atoms with Crippen LogP contribution in [0.2, 0.25) is 0 Å². The van der Waals surface area contributed by atoms with Gasteiger partial charge in [0.1, 0.15) is 12.4 Å². The highest BCUT2D eigenvalue weighted by molar-refractivity contribution is 7.46. The number of hydrogen-bond acceptors (Lipinski definition) is 8. The molecular formula is C27H49O10P. The molecule has 1 rings (SSSR count). The van der Waals surface area contributed by atoms with E-state index in [1.807, 2.05) is 0 Å². The number of rotatable bonds is 26. The lowest BCUT2D eigenvalue weighted by atomic mass is 9.88. The van der Waals surface area contributed by atoms with Gasteiger partial charge in [-0.05, 0) is 42.4 Å². The third-order valence-corrected chi connectivity index (χ3v) is 6.54. The van der Waals surface area contributed by atoms with E-state index in [0.717, 1.165) is 18.1 Å². The van der Waals surface area contributed by atoms with Crippen LogP contribution in [0.4, 0.5) is 0 Å². The van der Waals surface area contributed by atoms with Gasteiger partial charge in [0.15, 0.2) is 0 Å². The molecule has 0 aromatic heterocycles. The second-order valence-corrected chi connectivity index (χ2v) is 10.2. The average molecular weight is 565 g/mol. The zero-order chi connectivity index (χ0) is 27.9. The molecule has 0 saturated heterocycles. The van der Waals surface area contributed by atoms with E-state index >= 15 is 0 Å². The maximum Gasteiger partial charge on any atom is 0.469 e. The Kier molecular flexibility index (Phi) is 20.9. The molecule has 0 bridgehead atoms. The largest absolute Gasteiger partial charge is 0.491 e. The summed E-state index contributed by atoms with van der Waals surface area (Å²) in [4.78, 5) is 17.0. The van der Waals surface area contributed by atoms with Gasteiger partial charge >= 0.3 is 7.82 Å². The molecule has 2 N–H and O–H groups in total. The van der Waals surface area contributed by atoms with E-state index in [1.165, 1.54) is 24.8 Å². The van der Waals surface area contributed by atoms with Crippen molar-refractivity contribution in [3.63, 3.8) is 0 Å². The maximum absolute atomic E-state index is 10.5. The minimum Gasteiger partial charge on any atom is -0.491 e. The van der Waals surface area contributed by atoms with E-state index in [1.54, 1.807) is 0 Å². The summed E-state index contributed by atoms with van der Waals surface area (Å²) in [6.45, 7) is 11.2. The van der Waals surface area contributed by atoms with Crippen molar-refractivity contribution in [1.82, 2.24) is 0 Å². The van der Waals surface area contributed by atoms with Crippen LogP contribution in [0.3, 0.4) is 0 Å². The summed E-state index contributed by atoms with van der Waals surface area (Å²) < 4.78 is 47.4. The number of ether oxygens (including phenoxy) is 6. The molecule has 11 heteroatoms. The SMILES string of the molecule is CCC(C)CCC(CC)c1ccc(OCCOCCOCCOCCOCCOCCOP(=O)(O)O)cc1. The number of benzene rings is 1. The summed E-state index contributed by atoms with van der Waals surface area (Å²) >= 11 is 0. The van der Waals surface area contributed by atoms with Crippen LogP contribution < -0.4 is 4.74 Å². The van der Waals surface area contributed by atoms with Crippen molar-refractivity contribution in [1.29, 1.82) is 0 Å². The van der Waals surface area contributed by atoms with Crippen molar-refractivity contribution in [2.24, 2.45) is 5.92 Å². The van der Waals surface area contributed by atoms with Crippen molar-refractivity contribution in [2.75, 3.05) is 79.3 Å². The number of phosphoric acid groups is 1. The Labute approximate surface area is 228 Å². The number of hydrogen-bond donors (Lipinski definition) is 2. The van der Waals surface area contributed by atoms with Crippen LogP contribution in [-0.2, 0) is 32.8 Å². The van der Waals surface area contributed by atoms with Crippen molar-refractivity contribution in [3.8, 4) is 5.75 Å². The lowest BCUT2D eigenvalue weighted by molar-refractivity contribution is -0.0146. The van der Waals surface area contributed by atoms with E-state index in [9.17, 15) is 4.57 Å². The van der Waals surface area contributed by atoms with Crippen molar-refractivity contribution in [2.45, 2.75) is 52.4 Å². The van der Waals surface area contributed by atoms with E-state index in [4.69, 9.17) is 38.2 Å². The Hall–Kier alpha value is -1.07. The summed E-state index contributed by atoms with van der Waals surface area (Å²) in [5, 5.41) is 0. The normalized spacial score (nSPS) is 13.5. The van der Waals surface area contributed by atoms with Crippen LogP contribution in [0.25, 0.3) is 0 Å². The van der Waals surface area contributed by atoms with Gasteiger partial charge < -0.3 is 38.2 Å². The highest BCUT2D eigenvalue weighted by Crippen LogP contribution is 2.35. The fourth-order valence-corrected chi connectivity index (χ4v) is 3.86. The first-order valence-electron chi connectivity index (χ1n) is 13.7. The first kappa shape index (κ1) is 35.0. The topological polar surface area (TPSA) is 122 Å². The van der Waals surface area contributed by atoms with Gasteiger partial charge in [0, 0.05) is 0 Å². The lowest BCUT2D eigenvalue weighted by Gasteiger charge is -2.18. The van der Waals surface area contributed by atoms with Crippen LogP contribution in [0, 0.1) is 5.92 Å². The molecule has 0 fully saturated rings. The highest BCUT2D eigenvalue weighted by Gasteiger charge is 2.13.